The van der Waals surface area contributed by atoms with Crippen molar-refractivity contribution in [2.75, 3.05) is 47.5 Å². The van der Waals surface area contributed by atoms with Crippen LogP contribution >= 0.6 is 7.82 Å². The molecular weight excluding hydrogens is 978 g/mol. The molecule has 77 heavy (non-hydrogen) atoms. The number of carbonyl (C=O) groups excluding carboxylic acids is 2. The van der Waals surface area contributed by atoms with E-state index in [2.05, 4.69) is 74.6 Å². The zero-order chi connectivity index (χ0) is 56.3. The Morgan fingerprint density at radius 3 is 1.12 bits per heavy atom. The van der Waals surface area contributed by atoms with Crippen molar-refractivity contribution in [2.24, 2.45) is 0 Å². The number of phosphoric acid groups is 1. The van der Waals surface area contributed by atoms with E-state index in [-0.39, 0.29) is 32.0 Å². The first-order valence-corrected chi connectivity index (χ1v) is 34.0. The number of allylic oxidation sites excluding steroid dienone is 10. The maximum atomic E-state index is 12.8. The highest BCUT2D eigenvalue weighted by atomic mass is 31.2. The standard InChI is InChI=1S/C67H124NO8P/c1-6-8-10-12-14-16-18-20-21-22-23-24-25-26-27-28-29-30-31-32-33-34-35-36-37-38-39-40-41-42-43-44-45-46-47-48-50-52-54-56-58-60-67(70)76-65(64-75-77(71,72)74-62-61-68(3,4)5)63-73-66(69)59-57-55-53-51-49-19-17-15-13-11-9-7-2/h8,10,14-17,20-21,23-24,65H,6-7,9,11-13,18-19,22,25-64H2,1-5H3/p+1/b10-8-,16-14-,17-15-,21-20-,24-23-. The highest BCUT2D eigenvalue weighted by Crippen LogP contribution is 2.43. The zero-order valence-electron chi connectivity index (χ0n) is 51.2. The van der Waals surface area contributed by atoms with Crippen molar-refractivity contribution >= 4 is 19.8 Å². The second-order valence-corrected chi connectivity index (χ2v) is 24.6. The van der Waals surface area contributed by atoms with Gasteiger partial charge >= 0.3 is 19.8 Å². The molecular formula is C67H125NO8P+. The molecule has 0 rings (SSSR count). The molecule has 0 aliphatic heterocycles. The van der Waals surface area contributed by atoms with Gasteiger partial charge in [0.25, 0.3) is 0 Å². The summed E-state index contributed by atoms with van der Waals surface area (Å²) in [6.07, 6.45) is 76.3. The molecule has 0 saturated heterocycles. The number of esters is 2. The van der Waals surface area contributed by atoms with Crippen LogP contribution in [0.15, 0.2) is 60.8 Å². The van der Waals surface area contributed by atoms with Crippen molar-refractivity contribution in [3.63, 3.8) is 0 Å². The first-order chi connectivity index (χ1) is 37.5. The summed E-state index contributed by atoms with van der Waals surface area (Å²) < 4.78 is 34.5. The van der Waals surface area contributed by atoms with E-state index in [4.69, 9.17) is 18.5 Å². The van der Waals surface area contributed by atoms with Crippen molar-refractivity contribution in [1.82, 2.24) is 0 Å². The lowest BCUT2D eigenvalue weighted by atomic mass is 10.0. The maximum absolute atomic E-state index is 12.8. The molecule has 0 aromatic heterocycles. The summed E-state index contributed by atoms with van der Waals surface area (Å²) in [5.41, 5.74) is 0. The Balaban J connectivity index is 3.83. The van der Waals surface area contributed by atoms with E-state index in [1.54, 1.807) is 0 Å². The quantitative estimate of drug-likeness (QED) is 0.0211. The first-order valence-electron chi connectivity index (χ1n) is 32.5. The minimum Gasteiger partial charge on any atom is -0.462 e. The minimum absolute atomic E-state index is 0.0319. The van der Waals surface area contributed by atoms with E-state index >= 15 is 0 Å². The molecule has 1 N–H and O–H groups in total. The highest BCUT2D eigenvalue weighted by molar-refractivity contribution is 7.47. The molecule has 2 unspecified atom stereocenters. The average molecular weight is 1100 g/mol. The van der Waals surface area contributed by atoms with Crippen LogP contribution in [-0.2, 0) is 32.7 Å². The fourth-order valence-corrected chi connectivity index (χ4v) is 10.0. The van der Waals surface area contributed by atoms with Crippen molar-refractivity contribution in [1.29, 1.82) is 0 Å². The maximum Gasteiger partial charge on any atom is 0.472 e. The molecule has 0 saturated carbocycles. The van der Waals surface area contributed by atoms with Crippen molar-refractivity contribution in [3.05, 3.63) is 60.8 Å². The summed E-state index contributed by atoms with van der Waals surface area (Å²) in [4.78, 5) is 35.6. The number of nitrogens with zero attached hydrogens (tertiary/aromatic N) is 1. The van der Waals surface area contributed by atoms with Crippen LogP contribution in [0.5, 0.6) is 0 Å². The third kappa shape index (κ3) is 62.8. The number of hydrogen-bond donors (Lipinski definition) is 1. The summed E-state index contributed by atoms with van der Waals surface area (Å²) >= 11 is 0. The summed E-state index contributed by atoms with van der Waals surface area (Å²) in [6, 6.07) is 0. The van der Waals surface area contributed by atoms with E-state index in [0.717, 1.165) is 77.0 Å². The lowest BCUT2D eigenvalue weighted by molar-refractivity contribution is -0.870. The molecule has 9 nitrogen and oxygen atoms in total. The molecule has 450 valence electrons. The molecule has 2 atom stereocenters. The third-order valence-corrected chi connectivity index (χ3v) is 15.3. The van der Waals surface area contributed by atoms with E-state index in [9.17, 15) is 19.0 Å². The molecule has 0 radical (unpaired) electrons. The topological polar surface area (TPSA) is 108 Å². The zero-order valence-corrected chi connectivity index (χ0v) is 52.1. The summed E-state index contributed by atoms with van der Waals surface area (Å²) in [7, 11) is 1.48. The third-order valence-electron chi connectivity index (χ3n) is 14.3. The van der Waals surface area contributed by atoms with Crippen molar-refractivity contribution in [3.8, 4) is 0 Å². The van der Waals surface area contributed by atoms with Crippen molar-refractivity contribution < 1.29 is 42.1 Å². The normalized spacial score (nSPS) is 13.6. The molecule has 0 aliphatic rings. The van der Waals surface area contributed by atoms with Gasteiger partial charge in [-0.2, -0.15) is 0 Å². The molecule has 0 fully saturated rings. The molecule has 0 aromatic carbocycles. The Morgan fingerprint density at radius 1 is 0.416 bits per heavy atom. The van der Waals surface area contributed by atoms with Crippen LogP contribution in [0.4, 0.5) is 0 Å². The van der Waals surface area contributed by atoms with Gasteiger partial charge in [0.15, 0.2) is 6.10 Å². The number of phosphoric ester groups is 1. The van der Waals surface area contributed by atoms with Gasteiger partial charge < -0.3 is 18.9 Å². The van der Waals surface area contributed by atoms with Gasteiger partial charge in [-0.3, -0.25) is 18.6 Å². The van der Waals surface area contributed by atoms with Crippen LogP contribution in [0, 0.1) is 0 Å². The Labute approximate surface area is 476 Å². The van der Waals surface area contributed by atoms with E-state index in [0.29, 0.717) is 17.4 Å². The molecule has 0 spiro atoms. The van der Waals surface area contributed by atoms with Gasteiger partial charge in [0.05, 0.1) is 27.7 Å². The number of unbranched alkanes of at least 4 members (excludes halogenated alkanes) is 36. The molecule has 0 amide bonds. The molecule has 0 heterocycles. The van der Waals surface area contributed by atoms with Gasteiger partial charge in [0.2, 0.25) is 0 Å². The first kappa shape index (κ1) is 74.7. The SMILES string of the molecule is CC/C=C\C/C=C\C/C=C\C/C=C\CCCCCCCCCCCCCCCCCCCCCCCCCCCCCCC(=O)OC(COC(=O)CCCCCCC/C=C\CCCCC)COP(=O)(O)OCC[N+](C)(C)C. The van der Waals surface area contributed by atoms with Crippen LogP contribution in [-0.4, -0.2) is 74.9 Å². The number of carbonyl (C=O) groups is 2. The molecule has 10 heteroatoms. The second-order valence-electron chi connectivity index (χ2n) is 23.1. The number of likely N-dealkylation sites (N-methyl/N-ethyl adjacent to an activating group) is 1. The van der Waals surface area contributed by atoms with Gasteiger partial charge in [-0.25, -0.2) is 4.57 Å². The Hall–Kier alpha value is -2.29. The number of ether oxygens (including phenoxy) is 2. The van der Waals surface area contributed by atoms with Crippen LogP contribution < -0.4 is 0 Å². The van der Waals surface area contributed by atoms with Gasteiger partial charge in [-0.1, -0.05) is 274 Å². The fourth-order valence-electron chi connectivity index (χ4n) is 9.30. The molecule has 0 bridgehead atoms. The van der Waals surface area contributed by atoms with E-state index in [1.807, 2.05) is 21.1 Å². The lowest BCUT2D eigenvalue weighted by Crippen LogP contribution is -2.37. The van der Waals surface area contributed by atoms with E-state index < -0.39 is 26.5 Å². The molecule has 0 aliphatic carbocycles. The van der Waals surface area contributed by atoms with Gasteiger partial charge in [-0.15, -0.1) is 0 Å². The number of quaternary nitrogens is 1. The predicted octanol–water partition coefficient (Wildman–Crippen LogP) is 20.7. The fraction of sp³-hybridized carbons (Fsp3) is 0.821. The minimum atomic E-state index is -4.38. The summed E-state index contributed by atoms with van der Waals surface area (Å²) in [6.45, 7) is 4.31. The average Bonchev–Trinajstić information content (AvgIpc) is 3.39. The number of hydrogen-bond acceptors (Lipinski definition) is 7. The van der Waals surface area contributed by atoms with Crippen LogP contribution in [0.1, 0.15) is 303 Å². The Morgan fingerprint density at radius 2 is 0.740 bits per heavy atom. The van der Waals surface area contributed by atoms with Crippen LogP contribution in [0.3, 0.4) is 0 Å². The summed E-state index contributed by atoms with van der Waals surface area (Å²) in [5.74, 6) is -0.796. The lowest BCUT2D eigenvalue weighted by Gasteiger charge is -2.24. The second kappa shape index (κ2) is 58.4. The van der Waals surface area contributed by atoms with E-state index in [1.165, 1.54) is 193 Å². The van der Waals surface area contributed by atoms with Crippen LogP contribution in [0.2, 0.25) is 0 Å². The number of rotatable bonds is 60. The Kier molecular flexibility index (Phi) is 56.6. The molecule has 0 aromatic rings. The van der Waals surface area contributed by atoms with Gasteiger partial charge in [0.1, 0.15) is 19.8 Å². The largest absolute Gasteiger partial charge is 0.472 e. The predicted molar refractivity (Wildman–Crippen MR) is 330 cm³/mol. The Bertz CT molecular complexity index is 1480. The monoisotopic (exact) mass is 1100 g/mol. The van der Waals surface area contributed by atoms with Gasteiger partial charge in [0, 0.05) is 12.8 Å². The van der Waals surface area contributed by atoms with Crippen LogP contribution in [0.25, 0.3) is 0 Å². The van der Waals surface area contributed by atoms with Gasteiger partial charge in [-0.05, 0) is 77.0 Å². The highest BCUT2D eigenvalue weighted by Gasteiger charge is 2.27. The summed E-state index contributed by atoms with van der Waals surface area (Å²) in [5, 5.41) is 0. The van der Waals surface area contributed by atoms with Crippen molar-refractivity contribution in [2.45, 2.75) is 309 Å². The smallest absolute Gasteiger partial charge is 0.462 e.